The Labute approximate surface area is 174 Å². The van der Waals surface area contributed by atoms with E-state index < -0.39 is 0 Å². The van der Waals surface area contributed by atoms with Gasteiger partial charge < -0.3 is 14.8 Å². The summed E-state index contributed by atoms with van der Waals surface area (Å²) in [6.45, 7) is 3.87. The van der Waals surface area contributed by atoms with Crippen LogP contribution in [0.1, 0.15) is 24.2 Å². The second-order valence-corrected chi connectivity index (χ2v) is 6.99. The first kappa shape index (κ1) is 19.4. The van der Waals surface area contributed by atoms with Gasteiger partial charge in [0.25, 0.3) is 5.91 Å². The average molecular weight is 402 g/mol. The van der Waals surface area contributed by atoms with Crippen molar-refractivity contribution in [3.05, 3.63) is 72.7 Å². The van der Waals surface area contributed by atoms with Crippen LogP contribution in [0.15, 0.2) is 67.1 Å². The first-order valence-corrected chi connectivity index (χ1v) is 9.59. The minimum absolute atomic E-state index is 0.00998. The lowest BCUT2D eigenvalue weighted by atomic mass is 10.2. The smallest absolute Gasteiger partial charge is 0.255 e. The summed E-state index contributed by atoms with van der Waals surface area (Å²) < 4.78 is 12.9. The van der Waals surface area contributed by atoms with Crippen LogP contribution in [0.3, 0.4) is 0 Å². The highest BCUT2D eigenvalue weighted by Crippen LogP contribution is 2.29. The van der Waals surface area contributed by atoms with Crippen molar-refractivity contribution < 1.29 is 14.3 Å². The SMILES string of the molecule is COc1cc(C(=O)Nc2ccc(-n3cnc4ccccc43)nc2)ccc1OC(C)C. The average Bonchev–Trinajstić information content (AvgIpc) is 3.18. The van der Waals surface area contributed by atoms with Crippen LogP contribution in [0.5, 0.6) is 11.5 Å². The van der Waals surface area contributed by atoms with Crippen LogP contribution in [0.2, 0.25) is 0 Å². The lowest BCUT2D eigenvalue weighted by Gasteiger charge is -2.14. The zero-order chi connectivity index (χ0) is 21.1. The molecule has 0 fully saturated rings. The van der Waals surface area contributed by atoms with Crippen LogP contribution in [0.25, 0.3) is 16.9 Å². The maximum absolute atomic E-state index is 12.7. The van der Waals surface area contributed by atoms with Crippen LogP contribution < -0.4 is 14.8 Å². The molecule has 1 amide bonds. The lowest BCUT2D eigenvalue weighted by Crippen LogP contribution is -2.13. The van der Waals surface area contributed by atoms with Crippen LogP contribution in [0, 0.1) is 0 Å². The van der Waals surface area contributed by atoms with Crippen molar-refractivity contribution in [1.82, 2.24) is 14.5 Å². The zero-order valence-electron chi connectivity index (χ0n) is 17.0. The lowest BCUT2D eigenvalue weighted by molar-refractivity contribution is 0.102. The molecule has 7 heteroatoms. The first-order chi connectivity index (χ1) is 14.5. The van der Waals surface area contributed by atoms with Gasteiger partial charge in [0.1, 0.15) is 12.1 Å². The van der Waals surface area contributed by atoms with E-state index in [1.54, 1.807) is 37.8 Å². The van der Waals surface area contributed by atoms with Crippen LogP contribution in [0.4, 0.5) is 5.69 Å². The molecule has 2 heterocycles. The van der Waals surface area contributed by atoms with Gasteiger partial charge in [-0.05, 0) is 56.3 Å². The molecule has 1 N–H and O–H groups in total. The summed E-state index contributed by atoms with van der Waals surface area (Å²) in [5, 5.41) is 2.86. The molecule has 4 aromatic rings. The third kappa shape index (κ3) is 3.96. The Kier molecular flexibility index (Phi) is 5.34. The Morgan fingerprint density at radius 2 is 1.87 bits per heavy atom. The number of carbonyl (C=O) groups excluding carboxylic acids is 1. The van der Waals surface area contributed by atoms with Crippen molar-refractivity contribution in [1.29, 1.82) is 0 Å². The van der Waals surface area contributed by atoms with Gasteiger partial charge in [0.15, 0.2) is 11.5 Å². The van der Waals surface area contributed by atoms with Gasteiger partial charge in [-0.3, -0.25) is 9.36 Å². The first-order valence-electron chi connectivity index (χ1n) is 9.59. The van der Waals surface area contributed by atoms with Crippen molar-refractivity contribution in [2.75, 3.05) is 12.4 Å². The number of benzene rings is 2. The molecular formula is C23H22N4O3. The van der Waals surface area contributed by atoms with Gasteiger partial charge >= 0.3 is 0 Å². The van der Waals surface area contributed by atoms with Gasteiger partial charge in [0.2, 0.25) is 0 Å². The summed E-state index contributed by atoms with van der Waals surface area (Å²) in [6, 6.07) is 16.6. The fourth-order valence-corrected chi connectivity index (χ4v) is 3.11. The van der Waals surface area contributed by atoms with Gasteiger partial charge in [0, 0.05) is 5.56 Å². The summed E-state index contributed by atoms with van der Waals surface area (Å²) in [4.78, 5) is 21.5. The number of ether oxygens (including phenoxy) is 2. The molecule has 7 nitrogen and oxygen atoms in total. The molecule has 0 aliphatic rings. The molecule has 0 aliphatic carbocycles. The molecule has 0 saturated carbocycles. The zero-order valence-corrected chi connectivity index (χ0v) is 17.0. The fraction of sp³-hybridized carbons (Fsp3) is 0.174. The third-order valence-corrected chi connectivity index (χ3v) is 4.49. The number of fused-ring (bicyclic) bond motifs is 1. The van der Waals surface area contributed by atoms with Crippen LogP contribution in [-0.2, 0) is 0 Å². The summed E-state index contributed by atoms with van der Waals surface area (Å²) in [5.41, 5.74) is 2.93. The van der Waals surface area contributed by atoms with Gasteiger partial charge in [-0.25, -0.2) is 9.97 Å². The molecule has 152 valence electrons. The number of carbonyl (C=O) groups is 1. The number of amides is 1. The number of hydrogen-bond acceptors (Lipinski definition) is 5. The quantitative estimate of drug-likeness (QED) is 0.515. The van der Waals surface area contributed by atoms with Gasteiger partial charge in [-0.15, -0.1) is 0 Å². The number of imidazole rings is 1. The second kappa shape index (κ2) is 8.24. The molecule has 2 aromatic heterocycles. The highest BCUT2D eigenvalue weighted by atomic mass is 16.5. The van der Waals surface area contributed by atoms with E-state index >= 15 is 0 Å². The summed E-state index contributed by atoms with van der Waals surface area (Å²) in [5.74, 6) is 1.57. The molecule has 0 aliphatic heterocycles. The van der Waals surface area contributed by atoms with Gasteiger partial charge in [0.05, 0.1) is 36.1 Å². The Hall–Kier alpha value is -3.87. The van der Waals surface area contributed by atoms with E-state index in [4.69, 9.17) is 9.47 Å². The van der Waals surface area contributed by atoms with Crippen molar-refractivity contribution in [2.24, 2.45) is 0 Å². The Bertz CT molecular complexity index is 1180. The molecule has 0 atom stereocenters. The number of anilines is 1. The molecule has 0 unspecified atom stereocenters. The minimum Gasteiger partial charge on any atom is -0.493 e. The summed E-state index contributed by atoms with van der Waals surface area (Å²) >= 11 is 0. The van der Waals surface area contributed by atoms with Crippen LogP contribution in [-0.4, -0.2) is 33.7 Å². The number of aromatic nitrogens is 3. The van der Waals surface area contributed by atoms with Crippen molar-refractivity contribution >= 4 is 22.6 Å². The number of hydrogen-bond donors (Lipinski definition) is 1. The van der Waals surface area contributed by atoms with Crippen LogP contribution >= 0.6 is 0 Å². The standard InChI is InChI=1S/C23H22N4O3/c1-15(2)30-20-10-8-16(12-21(20)29-3)23(28)26-17-9-11-22(24-13-17)27-14-25-18-6-4-5-7-19(18)27/h4-15H,1-3H3,(H,26,28). The van der Waals surface area contributed by atoms with Crippen molar-refractivity contribution in [3.8, 4) is 17.3 Å². The molecule has 2 aromatic carbocycles. The predicted molar refractivity (Wildman–Crippen MR) is 116 cm³/mol. The molecular weight excluding hydrogens is 380 g/mol. The van der Waals surface area contributed by atoms with Crippen molar-refractivity contribution in [2.45, 2.75) is 20.0 Å². The molecule has 0 bridgehead atoms. The van der Waals surface area contributed by atoms with E-state index in [-0.39, 0.29) is 12.0 Å². The third-order valence-electron chi connectivity index (χ3n) is 4.49. The highest BCUT2D eigenvalue weighted by Gasteiger charge is 2.13. The van der Waals surface area contributed by atoms with Gasteiger partial charge in [-0.2, -0.15) is 0 Å². The van der Waals surface area contributed by atoms with E-state index in [2.05, 4.69) is 15.3 Å². The second-order valence-electron chi connectivity index (χ2n) is 6.99. The molecule has 0 spiro atoms. The number of nitrogens with one attached hydrogen (secondary N) is 1. The normalized spacial score (nSPS) is 10.9. The topological polar surface area (TPSA) is 78.3 Å². The number of methoxy groups -OCH3 is 1. The monoisotopic (exact) mass is 402 g/mol. The van der Waals surface area contributed by atoms with E-state index in [0.717, 1.165) is 16.9 Å². The Morgan fingerprint density at radius 3 is 2.60 bits per heavy atom. The minimum atomic E-state index is -0.257. The number of para-hydroxylation sites is 2. The Morgan fingerprint density at radius 1 is 1.03 bits per heavy atom. The molecule has 4 rings (SSSR count). The summed E-state index contributed by atoms with van der Waals surface area (Å²) in [6.07, 6.45) is 3.36. The van der Waals surface area contributed by atoms with E-state index in [9.17, 15) is 4.79 Å². The highest BCUT2D eigenvalue weighted by molar-refractivity contribution is 6.04. The number of pyridine rings is 1. The summed E-state index contributed by atoms with van der Waals surface area (Å²) in [7, 11) is 1.55. The molecule has 30 heavy (non-hydrogen) atoms. The largest absolute Gasteiger partial charge is 0.493 e. The van der Waals surface area contributed by atoms with Gasteiger partial charge in [-0.1, -0.05) is 12.1 Å². The van der Waals surface area contributed by atoms with E-state index in [0.29, 0.717) is 22.7 Å². The van der Waals surface area contributed by atoms with E-state index in [1.807, 2.05) is 54.8 Å². The van der Waals surface area contributed by atoms with E-state index in [1.165, 1.54) is 0 Å². The van der Waals surface area contributed by atoms with Crippen molar-refractivity contribution in [3.63, 3.8) is 0 Å². The Balaban J connectivity index is 1.51. The number of rotatable bonds is 6. The molecule has 0 saturated heterocycles. The fourth-order valence-electron chi connectivity index (χ4n) is 3.11. The number of nitrogens with zero attached hydrogens (tertiary/aromatic N) is 3. The maximum Gasteiger partial charge on any atom is 0.255 e. The predicted octanol–water partition coefficient (Wildman–Crippen LogP) is 4.47. The maximum atomic E-state index is 12.7. The molecule has 0 radical (unpaired) electrons.